The second-order valence-corrected chi connectivity index (χ2v) is 5.00. The molecule has 18 heavy (non-hydrogen) atoms. The smallest absolute Gasteiger partial charge is 0.377 e. The Kier molecular flexibility index (Phi) is 2.71. The molecule has 6 heteroatoms. The van der Waals surface area contributed by atoms with Crippen molar-refractivity contribution < 1.29 is 29.2 Å². The molecule has 2 aliphatic heterocycles. The number of ether oxygens (including phenoxy) is 3. The van der Waals surface area contributed by atoms with Gasteiger partial charge in [-0.3, -0.25) is 0 Å². The fourth-order valence-corrected chi connectivity index (χ4v) is 2.80. The van der Waals surface area contributed by atoms with Crippen molar-refractivity contribution in [2.24, 2.45) is 0 Å². The molecule has 1 saturated carbocycles. The van der Waals surface area contributed by atoms with Crippen LogP contribution in [-0.4, -0.2) is 40.8 Å². The summed E-state index contributed by atoms with van der Waals surface area (Å²) in [4.78, 5) is 11.1. The van der Waals surface area contributed by atoms with Crippen LogP contribution in [0.1, 0.15) is 32.1 Å². The molecule has 0 aromatic heterocycles. The van der Waals surface area contributed by atoms with E-state index in [1.54, 1.807) is 0 Å². The van der Waals surface area contributed by atoms with E-state index in [1.807, 2.05) is 0 Å². The zero-order chi connectivity index (χ0) is 12.8. The minimum atomic E-state index is -0.946. The van der Waals surface area contributed by atoms with Gasteiger partial charge in [-0.15, -0.1) is 0 Å². The normalized spacial score (nSPS) is 35.2. The van der Waals surface area contributed by atoms with Gasteiger partial charge in [-0.1, -0.05) is 6.42 Å². The van der Waals surface area contributed by atoms with Crippen LogP contribution in [0.15, 0.2) is 11.5 Å². The summed E-state index contributed by atoms with van der Waals surface area (Å²) < 4.78 is 16.4. The van der Waals surface area contributed by atoms with Crippen molar-refractivity contribution in [1.29, 1.82) is 0 Å². The molecule has 1 unspecified atom stereocenters. The van der Waals surface area contributed by atoms with Crippen molar-refractivity contribution in [1.82, 2.24) is 0 Å². The number of aliphatic hydroxyl groups excluding tert-OH is 2. The van der Waals surface area contributed by atoms with Crippen molar-refractivity contribution in [3.05, 3.63) is 11.5 Å². The van der Waals surface area contributed by atoms with E-state index in [4.69, 9.17) is 14.2 Å². The third-order valence-corrected chi connectivity index (χ3v) is 3.77. The summed E-state index contributed by atoms with van der Waals surface area (Å²) in [5.41, 5.74) is 0. The molecule has 1 aliphatic carbocycles. The number of aliphatic hydroxyl groups is 2. The first-order valence-corrected chi connectivity index (χ1v) is 6.26. The number of carbonyl (C=O) groups is 1. The Bertz CT molecular complexity index is 395. The van der Waals surface area contributed by atoms with Crippen LogP contribution in [0, 0.1) is 0 Å². The third kappa shape index (κ3) is 1.76. The van der Waals surface area contributed by atoms with Crippen LogP contribution in [0.25, 0.3) is 0 Å². The van der Waals surface area contributed by atoms with Gasteiger partial charge in [0.05, 0.1) is 6.61 Å². The summed E-state index contributed by atoms with van der Waals surface area (Å²) >= 11 is 0. The molecule has 2 heterocycles. The van der Waals surface area contributed by atoms with E-state index < -0.39 is 35.5 Å². The molecule has 2 atom stereocenters. The SMILES string of the molecule is O=C1O[C@@H](C2COC3(CCCCC3)O2)C(O)=C1O. The van der Waals surface area contributed by atoms with Gasteiger partial charge in [-0.2, -0.15) is 0 Å². The average molecular weight is 256 g/mol. The quantitative estimate of drug-likeness (QED) is 0.688. The zero-order valence-corrected chi connectivity index (χ0v) is 9.92. The molecule has 0 bridgehead atoms. The molecule has 0 aromatic rings. The van der Waals surface area contributed by atoms with Gasteiger partial charge in [-0.25, -0.2) is 4.79 Å². The number of cyclic esters (lactones) is 1. The lowest BCUT2D eigenvalue weighted by Crippen LogP contribution is -2.36. The van der Waals surface area contributed by atoms with Crippen LogP contribution in [0.5, 0.6) is 0 Å². The van der Waals surface area contributed by atoms with E-state index in [2.05, 4.69) is 0 Å². The van der Waals surface area contributed by atoms with E-state index >= 15 is 0 Å². The van der Waals surface area contributed by atoms with Gasteiger partial charge in [0.1, 0.15) is 6.10 Å². The lowest BCUT2D eigenvalue weighted by Gasteiger charge is -2.32. The molecule has 2 fully saturated rings. The van der Waals surface area contributed by atoms with Crippen LogP contribution >= 0.6 is 0 Å². The highest BCUT2D eigenvalue weighted by Crippen LogP contribution is 2.40. The average Bonchev–Trinajstić information content (AvgIpc) is 2.88. The molecule has 2 N–H and O–H groups in total. The van der Waals surface area contributed by atoms with Gasteiger partial charge in [0.2, 0.25) is 5.76 Å². The van der Waals surface area contributed by atoms with Gasteiger partial charge in [0.25, 0.3) is 0 Å². The first-order valence-electron chi connectivity index (χ1n) is 6.26. The Balaban J connectivity index is 1.71. The molecule has 1 spiro atoms. The van der Waals surface area contributed by atoms with E-state index in [0.29, 0.717) is 0 Å². The molecule has 100 valence electrons. The number of hydrogen-bond acceptors (Lipinski definition) is 6. The highest BCUT2D eigenvalue weighted by molar-refractivity contribution is 5.89. The van der Waals surface area contributed by atoms with E-state index in [1.165, 1.54) is 6.42 Å². The van der Waals surface area contributed by atoms with Crippen LogP contribution < -0.4 is 0 Å². The maximum Gasteiger partial charge on any atom is 0.377 e. The van der Waals surface area contributed by atoms with E-state index in [9.17, 15) is 15.0 Å². The summed E-state index contributed by atoms with van der Waals surface area (Å²) in [6, 6.07) is 0. The standard InChI is InChI=1S/C12H16O6/c13-8-9(14)11(15)17-10(8)7-6-16-12(18-7)4-2-1-3-5-12/h7,10,13-14H,1-6H2/t7?,10-/m0/s1. The summed E-state index contributed by atoms with van der Waals surface area (Å²) in [5.74, 6) is -2.69. The Morgan fingerprint density at radius 1 is 1.17 bits per heavy atom. The topological polar surface area (TPSA) is 85.2 Å². The van der Waals surface area contributed by atoms with Crippen molar-refractivity contribution in [2.75, 3.05) is 6.61 Å². The fourth-order valence-electron chi connectivity index (χ4n) is 2.80. The number of hydrogen-bond donors (Lipinski definition) is 2. The first kappa shape index (κ1) is 11.8. The molecule has 0 amide bonds. The van der Waals surface area contributed by atoms with Gasteiger partial charge in [-0.05, 0) is 12.8 Å². The van der Waals surface area contributed by atoms with Gasteiger partial charge in [0.15, 0.2) is 17.7 Å². The molecule has 0 aromatic carbocycles. The minimum absolute atomic E-state index is 0.259. The maximum atomic E-state index is 11.1. The van der Waals surface area contributed by atoms with Crippen molar-refractivity contribution in [3.63, 3.8) is 0 Å². The molecule has 3 rings (SSSR count). The summed E-state index contributed by atoms with van der Waals surface area (Å²) in [5, 5.41) is 18.9. The highest BCUT2D eigenvalue weighted by atomic mass is 16.8. The lowest BCUT2D eigenvalue weighted by atomic mass is 9.94. The second kappa shape index (κ2) is 4.13. The lowest BCUT2D eigenvalue weighted by molar-refractivity contribution is -0.197. The first-order chi connectivity index (χ1) is 8.61. The zero-order valence-electron chi connectivity index (χ0n) is 9.92. The summed E-state index contributed by atoms with van der Waals surface area (Å²) in [6.07, 6.45) is 3.41. The Hall–Kier alpha value is -1.27. The van der Waals surface area contributed by atoms with Gasteiger partial charge >= 0.3 is 5.97 Å². The molecule has 3 aliphatic rings. The summed E-state index contributed by atoms with van der Waals surface area (Å²) in [7, 11) is 0. The monoisotopic (exact) mass is 256 g/mol. The third-order valence-electron chi connectivity index (χ3n) is 3.77. The predicted octanol–water partition coefficient (Wildman–Crippen LogP) is 1.32. The van der Waals surface area contributed by atoms with Gasteiger partial charge in [0, 0.05) is 12.8 Å². The molecular formula is C12H16O6. The Labute approximate surface area is 104 Å². The number of carbonyl (C=O) groups excluding carboxylic acids is 1. The van der Waals surface area contributed by atoms with Crippen molar-refractivity contribution in [2.45, 2.75) is 50.1 Å². The van der Waals surface area contributed by atoms with Crippen molar-refractivity contribution >= 4 is 5.97 Å². The Morgan fingerprint density at radius 2 is 1.89 bits per heavy atom. The molecule has 0 radical (unpaired) electrons. The van der Waals surface area contributed by atoms with Crippen molar-refractivity contribution in [3.8, 4) is 0 Å². The van der Waals surface area contributed by atoms with E-state index in [0.717, 1.165) is 25.7 Å². The maximum absolute atomic E-state index is 11.1. The molecule has 6 nitrogen and oxygen atoms in total. The highest BCUT2D eigenvalue weighted by Gasteiger charge is 2.50. The van der Waals surface area contributed by atoms with Crippen LogP contribution in [0.3, 0.4) is 0 Å². The largest absolute Gasteiger partial charge is 0.505 e. The fraction of sp³-hybridized carbons (Fsp3) is 0.750. The van der Waals surface area contributed by atoms with Crippen LogP contribution in [0.2, 0.25) is 0 Å². The van der Waals surface area contributed by atoms with Gasteiger partial charge < -0.3 is 24.4 Å². The molecular weight excluding hydrogens is 240 g/mol. The Morgan fingerprint density at radius 3 is 2.50 bits per heavy atom. The number of rotatable bonds is 1. The number of esters is 1. The minimum Gasteiger partial charge on any atom is -0.505 e. The van der Waals surface area contributed by atoms with Crippen LogP contribution in [0.4, 0.5) is 0 Å². The summed E-state index contributed by atoms with van der Waals surface area (Å²) in [6.45, 7) is 0.259. The second-order valence-electron chi connectivity index (χ2n) is 5.00. The predicted molar refractivity (Wildman–Crippen MR) is 58.8 cm³/mol. The van der Waals surface area contributed by atoms with Crippen LogP contribution in [-0.2, 0) is 19.0 Å². The van der Waals surface area contributed by atoms with E-state index in [-0.39, 0.29) is 6.61 Å². The molecule has 1 saturated heterocycles.